The van der Waals surface area contributed by atoms with E-state index in [0.29, 0.717) is 21.8 Å². The highest BCUT2D eigenvalue weighted by molar-refractivity contribution is 9.10. The smallest absolute Gasteiger partial charge is 0.163 e. The van der Waals surface area contributed by atoms with Crippen molar-refractivity contribution in [2.24, 2.45) is 0 Å². The molecule has 1 aromatic carbocycles. The van der Waals surface area contributed by atoms with Gasteiger partial charge >= 0.3 is 0 Å². The van der Waals surface area contributed by atoms with Crippen LogP contribution in [-0.2, 0) is 12.1 Å². The molecule has 5 nitrogen and oxygen atoms in total. The molecule has 2 N–H and O–H groups in total. The van der Waals surface area contributed by atoms with Crippen molar-refractivity contribution in [3.63, 3.8) is 0 Å². The van der Waals surface area contributed by atoms with E-state index in [2.05, 4.69) is 31.4 Å². The van der Waals surface area contributed by atoms with Crippen molar-refractivity contribution in [2.45, 2.75) is 32.9 Å². The number of rotatable bonds is 1. The van der Waals surface area contributed by atoms with Crippen LogP contribution in [0.3, 0.4) is 0 Å². The molecule has 0 unspecified atom stereocenters. The predicted molar refractivity (Wildman–Crippen MR) is 76.3 cm³/mol. The van der Waals surface area contributed by atoms with Crippen LogP contribution in [0.1, 0.15) is 31.1 Å². The maximum Gasteiger partial charge on any atom is 0.163 e. The Kier molecular flexibility index (Phi) is 2.88. The third-order valence-corrected chi connectivity index (χ3v) is 4.50. The Morgan fingerprint density at radius 3 is 2.80 bits per heavy atom. The van der Waals surface area contributed by atoms with E-state index in [9.17, 15) is 9.50 Å². The summed E-state index contributed by atoms with van der Waals surface area (Å²) in [5.41, 5.74) is 1.66. The van der Waals surface area contributed by atoms with Crippen LogP contribution in [0.5, 0.6) is 0 Å². The number of nitrogens with zero attached hydrogens (tertiary/aromatic N) is 3. The molecule has 3 rings (SSSR count). The lowest BCUT2D eigenvalue weighted by Gasteiger charge is -2.35. The Morgan fingerprint density at radius 2 is 2.15 bits per heavy atom. The Morgan fingerprint density at radius 1 is 1.45 bits per heavy atom. The molecule has 1 aliphatic rings. The first-order valence-corrected chi connectivity index (χ1v) is 6.99. The number of aromatic nitrogens is 3. The van der Waals surface area contributed by atoms with Crippen LogP contribution in [0.4, 0.5) is 10.1 Å². The number of nitrogens with one attached hydrogen (secondary N) is 1. The average molecular weight is 341 g/mol. The zero-order chi connectivity index (χ0) is 14.7. The monoisotopic (exact) mass is 340 g/mol. The molecule has 0 spiro atoms. The van der Waals surface area contributed by atoms with E-state index in [1.807, 2.05) is 20.8 Å². The molecule has 0 radical (unpaired) electrons. The number of aliphatic hydroxyl groups is 1. The Labute approximate surface area is 124 Å². The maximum absolute atomic E-state index is 13.9. The fourth-order valence-electron chi connectivity index (χ4n) is 2.58. The first kappa shape index (κ1) is 13.5. The second-order valence-electron chi connectivity index (χ2n) is 5.38. The summed E-state index contributed by atoms with van der Waals surface area (Å²) in [6, 6.07) is 1.44. The summed E-state index contributed by atoms with van der Waals surface area (Å²) in [4.78, 5) is 0. The molecule has 0 bridgehead atoms. The van der Waals surface area contributed by atoms with Crippen molar-refractivity contribution in [1.29, 1.82) is 0 Å². The number of hydrogen-bond donors (Lipinski definition) is 2. The molecular formula is C13H14BrFN4O. The first-order valence-electron chi connectivity index (χ1n) is 6.19. The lowest BCUT2D eigenvalue weighted by Crippen LogP contribution is -2.36. The van der Waals surface area contributed by atoms with Gasteiger partial charge in [0, 0.05) is 6.07 Å². The van der Waals surface area contributed by atoms with Crippen molar-refractivity contribution < 1.29 is 9.50 Å². The Balaban J connectivity index is 2.40. The standard InChI is InChI=1S/C13H14BrFN4O/c1-6-10(14)7(15)4-8-11(6)19-9(5-20)17-18-12(19)13(2,3)16-8/h4,16,20H,5H2,1-3H3. The minimum atomic E-state index is -0.500. The van der Waals surface area contributed by atoms with Crippen LogP contribution < -0.4 is 5.32 Å². The predicted octanol–water partition coefficient (Wildman–Crippen LogP) is 2.63. The highest BCUT2D eigenvalue weighted by Gasteiger charge is 2.36. The minimum Gasteiger partial charge on any atom is -0.388 e. The maximum atomic E-state index is 13.9. The largest absolute Gasteiger partial charge is 0.388 e. The molecule has 2 aromatic rings. The Bertz CT molecular complexity index is 711. The third kappa shape index (κ3) is 1.69. The van der Waals surface area contributed by atoms with Crippen LogP contribution in [0.25, 0.3) is 5.69 Å². The summed E-state index contributed by atoms with van der Waals surface area (Å²) < 4.78 is 16.1. The van der Waals surface area contributed by atoms with Crippen LogP contribution in [0, 0.1) is 12.7 Å². The topological polar surface area (TPSA) is 63.0 Å². The summed E-state index contributed by atoms with van der Waals surface area (Å²) in [6.45, 7) is 5.47. The van der Waals surface area contributed by atoms with E-state index in [4.69, 9.17) is 0 Å². The summed E-state index contributed by atoms with van der Waals surface area (Å²) >= 11 is 3.25. The number of aliphatic hydroxyl groups excluding tert-OH is 1. The lowest BCUT2D eigenvalue weighted by molar-refractivity contribution is 0.268. The number of benzene rings is 1. The normalized spacial score (nSPS) is 15.5. The molecule has 106 valence electrons. The highest BCUT2D eigenvalue weighted by Crippen LogP contribution is 2.41. The molecule has 7 heteroatoms. The lowest BCUT2D eigenvalue weighted by atomic mass is 9.98. The van der Waals surface area contributed by atoms with E-state index in [-0.39, 0.29) is 12.4 Å². The van der Waals surface area contributed by atoms with Crippen LogP contribution >= 0.6 is 15.9 Å². The van der Waals surface area contributed by atoms with Crippen molar-refractivity contribution >= 4 is 21.6 Å². The van der Waals surface area contributed by atoms with Gasteiger partial charge in [-0.1, -0.05) is 0 Å². The number of hydrogen-bond acceptors (Lipinski definition) is 4. The molecular weight excluding hydrogens is 327 g/mol. The van der Waals surface area contributed by atoms with E-state index >= 15 is 0 Å². The summed E-state index contributed by atoms with van der Waals surface area (Å²) in [5.74, 6) is 0.805. The van der Waals surface area contributed by atoms with E-state index < -0.39 is 5.54 Å². The second-order valence-corrected chi connectivity index (χ2v) is 6.17. The third-order valence-electron chi connectivity index (χ3n) is 3.52. The van der Waals surface area contributed by atoms with Gasteiger partial charge in [0.15, 0.2) is 11.6 Å². The van der Waals surface area contributed by atoms with Crippen molar-refractivity contribution in [1.82, 2.24) is 14.8 Å². The summed E-state index contributed by atoms with van der Waals surface area (Å²) in [6.07, 6.45) is 0. The summed E-state index contributed by atoms with van der Waals surface area (Å²) in [5, 5.41) is 20.9. The van der Waals surface area contributed by atoms with Gasteiger partial charge < -0.3 is 10.4 Å². The molecule has 0 aliphatic carbocycles. The first-order chi connectivity index (χ1) is 9.36. The molecule has 0 fully saturated rings. The SMILES string of the molecule is Cc1c(Br)c(F)cc2c1-n1c(CO)nnc1C(C)(C)N2. The fourth-order valence-corrected chi connectivity index (χ4v) is 2.88. The number of halogens is 2. The van der Waals surface area contributed by atoms with Crippen LogP contribution in [0.2, 0.25) is 0 Å². The number of fused-ring (bicyclic) bond motifs is 3. The van der Waals surface area contributed by atoms with E-state index in [1.165, 1.54) is 6.07 Å². The van der Waals surface area contributed by atoms with Crippen molar-refractivity contribution in [3.05, 3.63) is 33.6 Å². The van der Waals surface area contributed by atoms with Gasteiger partial charge in [-0.05, 0) is 42.3 Å². The zero-order valence-electron chi connectivity index (χ0n) is 11.3. The van der Waals surface area contributed by atoms with Gasteiger partial charge in [0.25, 0.3) is 0 Å². The van der Waals surface area contributed by atoms with Gasteiger partial charge in [-0.3, -0.25) is 4.57 Å². The second kappa shape index (κ2) is 4.26. The molecule has 1 aromatic heterocycles. The van der Waals surface area contributed by atoms with Crippen molar-refractivity contribution in [2.75, 3.05) is 5.32 Å². The molecule has 0 saturated heterocycles. The van der Waals surface area contributed by atoms with Gasteiger partial charge in [0.05, 0.1) is 21.4 Å². The van der Waals surface area contributed by atoms with Gasteiger partial charge in [-0.2, -0.15) is 0 Å². The van der Waals surface area contributed by atoms with Gasteiger partial charge in [0.1, 0.15) is 12.4 Å². The van der Waals surface area contributed by atoms with Gasteiger partial charge in [0.2, 0.25) is 0 Å². The quantitative estimate of drug-likeness (QED) is 0.837. The van der Waals surface area contributed by atoms with E-state index in [0.717, 1.165) is 11.3 Å². The minimum absolute atomic E-state index is 0.225. The molecule has 0 saturated carbocycles. The van der Waals surface area contributed by atoms with Gasteiger partial charge in [-0.15, -0.1) is 10.2 Å². The molecule has 0 atom stereocenters. The Hall–Kier alpha value is -1.47. The molecule has 2 heterocycles. The number of anilines is 1. The molecule has 1 aliphatic heterocycles. The van der Waals surface area contributed by atoms with Crippen molar-refractivity contribution in [3.8, 4) is 5.69 Å². The molecule has 0 amide bonds. The van der Waals surface area contributed by atoms with Crippen LogP contribution in [-0.4, -0.2) is 19.9 Å². The van der Waals surface area contributed by atoms with Gasteiger partial charge in [-0.25, -0.2) is 4.39 Å². The van der Waals surface area contributed by atoms with Crippen LogP contribution in [0.15, 0.2) is 10.5 Å². The average Bonchev–Trinajstić information content (AvgIpc) is 2.80. The zero-order valence-corrected chi connectivity index (χ0v) is 12.9. The highest BCUT2D eigenvalue weighted by atomic mass is 79.9. The fraction of sp³-hybridized carbons (Fsp3) is 0.385. The molecule has 20 heavy (non-hydrogen) atoms. The van der Waals surface area contributed by atoms with E-state index in [1.54, 1.807) is 4.57 Å². The summed E-state index contributed by atoms with van der Waals surface area (Å²) in [7, 11) is 0.